The van der Waals surface area contributed by atoms with Gasteiger partial charge in [-0.15, -0.1) is 5.73 Å². The van der Waals surface area contributed by atoms with Gasteiger partial charge in [-0.05, 0) is 43.9 Å². The third-order valence-electron chi connectivity index (χ3n) is 4.04. The van der Waals surface area contributed by atoms with Crippen LogP contribution in [0.4, 0.5) is 5.13 Å². The Balaban J connectivity index is 1.84. The summed E-state index contributed by atoms with van der Waals surface area (Å²) in [4.78, 5) is 17.7. The van der Waals surface area contributed by atoms with E-state index in [4.69, 9.17) is 0 Å². The Labute approximate surface area is 174 Å². The van der Waals surface area contributed by atoms with Gasteiger partial charge in [0.1, 0.15) is 0 Å². The summed E-state index contributed by atoms with van der Waals surface area (Å²) in [5, 5.41) is 3.24. The van der Waals surface area contributed by atoms with E-state index in [1.54, 1.807) is 12.2 Å². The second-order valence-electron chi connectivity index (χ2n) is 6.71. The first-order chi connectivity index (χ1) is 13.7. The van der Waals surface area contributed by atoms with Gasteiger partial charge < -0.3 is 10.2 Å². The van der Waals surface area contributed by atoms with Gasteiger partial charge in [-0.2, -0.15) is 0 Å². The van der Waals surface area contributed by atoms with Crippen LogP contribution in [0.3, 0.4) is 0 Å². The fraction of sp³-hybridized carbons (Fsp3) is 0.250. The fourth-order valence-corrected chi connectivity index (χ4v) is 4.56. The van der Waals surface area contributed by atoms with Gasteiger partial charge in [-0.3, -0.25) is 4.79 Å². The van der Waals surface area contributed by atoms with E-state index in [1.165, 1.54) is 24.3 Å². The average Bonchev–Trinajstić information content (AvgIpc) is 2.85. The normalized spacial score (nSPS) is 14.1. The number of allylic oxidation sites excluding steroid dienone is 4. The molecule has 29 heavy (non-hydrogen) atoms. The molecule has 0 radical (unpaired) electrons. The van der Waals surface area contributed by atoms with Gasteiger partial charge in [-0.25, -0.2) is 18.1 Å². The number of fused-ring (bicyclic) bond motifs is 1. The average molecular weight is 431 g/mol. The second-order valence-corrected chi connectivity index (χ2v) is 9.51. The van der Waals surface area contributed by atoms with Crippen molar-refractivity contribution >= 4 is 48.2 Å². The third-order valence-corrected chi connectivity index (χ3v) is 6.43. The van der Waals surface area contributed by atoms with E-state index in [1.807, 2.05) is 43.3 Å². The monoisotopic (exact) mass is 430 g/mol. The maximum Gasteiger partial charge on any atom is 0.241 e. The lowest BCUT2D eigenvalue weighted by molar-refractivity contribution is -0.114. The van der Waals surface area contributed by atoms with E-state index in [0.29, 0.717) is 18.2 Å². The molecule has 1 amide bonds. The molecule has 0 aliphatic heterocycles. The molecule has 2 aromatic rings. The van der Waals surface area contributed by atoms with Gasteiger partial charge in [0.2, 0.25) is 15.9 Å². The lowest BCUT2D eigenvalue weighted by Gasteiger charge is -2.10. The summed E-state index contributed by atoms with van der Waals surface area (Å²) in [6.45, 7) is 2.39. The number of aromatic nitrogens is 1. The van der Waals surface area contributed by atoms with E-state index >= 15 is 0 Å². The molecule has 1 aromatic heterocycles. The topological polar surface area (TPSA) is 91.4 Å². The summed E-state index contributed by atoms with van der Waals surface area (Å²) in [7, 11) is 0.173. The van der Waals surface area contributed by atoms with Crippen molar-refractivity contribution in [2.45, 2.75) is 6.92 Å². The van der Waals surface area contributed by atoms with Crippen molar-refractivity contribution in [3.05, 3.63) is 58.7 Å². The molecule has 3 rings (SSSR count). The second kappa shape index (κ2) is 8.86. The lowest BCUT2D eigenvalue weighted by Crippen LogP contribution is -2.31. The largest absolute Gasteiger partial charge is 0.308 e. The summed E-state index contributed by atoms with van der Waals surface area (Å²) in [5.74, 6) is -0.166. The van der Waals surface area contributed by atoms with Crippen LogP contribution in [0, 0.1) is 0 Å². The van der Waals surface area contributed by atoms with E-state index in [2.05, 4.69) is 20.8 Å². The molecule has 1 heterocycles. The zero-order valence-corrected chi connectivity index (χ0v) is 18.0. The molecule has 0 saturated carbocycles. The minimum atomic E-state index is -3.60. The quantitative estimate of drug-likeness (QED) is 0.659. The highest BCUT2D eigenvalue weighted by molar-refractivity contribution is 7.93. The number of likely N-dealkylation sites (N-methyl/N-ethyl adjacent to an activating group) is 1. The van der Waals surface area contributed by atoms with Crippen molar-refractivity contribution in [2.24, 2.45) is 0 Å². The zero-order valence-electron chi connectivity index (χ0n) is 16.4. The van der Waals surface area contributed by atoms with Crippen LogP contribution in [0.25, 0.3) is 15.8 Å². The molecule has 1 aromatic carbocycles. The van der Waals surface area contributed by atoms with E-state index < -0.39 is 10.0 Å². The first kappa shape index (κ1) is 21.2. The number of nitrogens with one attached hydrogen (secondary N) is 2. The Kier molecular flexibility index (Phi) is 6.46. The molecule has 0 fully saturated rings. The summed E-state index contributed by atoms with van der Waals surface area (Å²) < 4.78 is 28.5. The minimum Gasteiger partial charge on any atom is -0.308 e. The summed E-state index contributed by atoms with van der Waals surface area (Å²) in [6, 6.07) is 5.72. The smallest absolute Gasteiger partial charge is 0.241 e. The molecule has 7 nitrogen and oxygen atoms in total. The number of hydrogen-bond acceptors (Lipinski definition) is 6. The molecule has 0 spiro atoms. The van der Waals surface area contributed by atoms with Crippen LogP contribution >= 0.6 is 11.3 Å². The molecule has 152 valence electrons. The SMILES string of the molecule is CC(=O)Nc1nc2ccc(C3=C=CC(S(=O)(=O)NCCN(C)C)=CC=C3)cc2s1. The van der Waals surface area contributed by atoms with E-state index in [9.17, 15) is 13.2 Å². The van der Waals surface area contributed by atoms with Crippen molar-refractivity contribution < 1.29 is 13.2 Å². The fourth-order valence-electron chi connectivity index (χ4n) is 2.61. The van der Waals surface area contributed by atoms with Gasteiger partial charge in [0.05, 0.1) is 15.1 Å². The van der Waals surface area contributed by atoms with Gasteiger partial charge in [0, 0.05) is 31.7 Å². The number of rotatable bonds is 7. The molecular weight excluding hydrogens is 408 g/mol. The number of carbonyl (C=O) groups excluding carboxylic acids is 1. The maximum atomic E-state index is 12.5. The molecule has 0 atom stereocenters. The minimum absolute atomic E-state index is 0.161. The van der Waals surface area contributed by atoms with Crippen LogP contribution in [0.2, 0.25) is 0 Å². The van der Waals surface area contributed by atoms with Crippen LogP contribution in [0.1, 0.15) is 12.5 Å². The molecule has 0 saturated heterocycles. The predicted octanol–water partition coefficient (Wildman–Crippen LogP) is 2.73. The van der Waals surface area contributed by atoms with Crippen LogP contribution in [-0.2, 0) is 14.8 Å². The maximum absolute atomic E-state index is 12.5. The van der Waals surface area contributed by atoms with Crippen molar-refractivity contribution in [3.63, 3.8) is 0 Å². The first-order valence-electron chi connectivity index (χ1n) is 8.92. The number of carbonyl (C=O) groups is 1. The number of benzene rings is 1. The van der Waals surface area contributed by atoms with Gasteiger partial charge >= 0.3 is 0 Å². The van der Waals surface area contributed by atoms with E-state index in [0.717, 1.165) is 21.4 Å². The Morgan fingerprint density at radius 1 is 1.31 bits per heavy atom. The molecular formula is C20H22N4O3S2. The van der Waals surface area contributed by atoms with E-state index in [-0.39, 0.29) is 10.8 Å². The van der Waals surface area contributed by atoms with Crippen molar-refractivity contribution in [1.82, 2.24) is 14.6 Å². The van der Waals surface area contributed by atoms with Crippen LogP contribution in [0.5, 0.6) is 0 Å². The Bertz CT molecular complexity index is 1170. The molecule has 1 aliphatic rings. The first-order valence-corrected chi connectivity index (χ1v) is 11.2. The van der Waals surface area contributed by atoms with Crippen molar-refractivity contribution in [1.29, 1.82) is 0 Å². The number of sulfonamides is 1. The Hall–Kier alpha value is -2.55. The highest BCUT2D eigenvalue weighted by Crippen LogP contribution is 2.29. The molecule has 0 bridgehead atoms. The molecule has 0 unspecified atom stereocenters. The number of amides is 1. The third kappa shape index (κ3) is 5.50. The summed E-state index contributed by atoms with van der Waals surface area (Å²) >= 11 is 1.38. The predicted molar refractivity (Wildman–Crippen MR) is 118 cm³/mol. The summed E-state index contributed by atoms with van der Waals surface area (Å²) in [5.41, 5.74) is 5.51. The van der Waals surface area contributed by atoms with Gasteiger partial charge in [0.25, 0.3) is 0 Å². The molecule has 1 aliphatic carbocycles. The number of thiazole rings is 1. The Morgan fingerprint density at radius 2 is 2.10 bits per heavy atom. The molecule has 2 N–H and O–H groups in total. The number of anilines is 1. The van der Waals surface area contributed by atoms with Crippen LogP contribution < -0.4 is 10.0 Å². The standard InChI is InChI=1S/C20H22N4O3S2/c1-14(25)22-20-23-18-10-8-16(13-19(18)28-20)15-5-4-6-17(9-7-15)29(26,27)21-11-12-24(2)3/h4-6,8-10,13,21H,11-12H2,1-3H3,(H,22,23,25). The van der Waals surface area contributed by atoms with Crippen LogP contribution in [-0.4, -0.2) is 51.4 Å². The van der Waals surface area contributed by atoms with Crippen molar-refractivity contribution in [3.8, 4) is 0 Å². The zero-order chi connectivity index (χ0) is 21.0. The highest BCUT2D eigenvalue weighted by atomic mass is 32.2. The number of hydrogen-bond donors (Lipinski definition) is 2. The van der Waals surface area contributed by atoms with Gasteiger partial charge in [-0.1, -0.05) is 23.5 Å². The van der Waals surface area contributed by atoms with Crippen LogP contribution in [0.15, 0.2) is 53.1 Å². The highest BCUT2D eigenvalue weighted by Gasteiger charge is 2.15. The Morgan fingerprint density at radius 3 is 2.83 bits per heavy atom. The summed E-state index contributed by atoms with van der Waals surface area (Å²) in [6.07, 6.45) is 6.55. The number of nitrogens with zero attached hydrogens (tertiary/aromatic N) is 2. The van der Waals surface area contributed by atoms with Gasteiger partial charge in [0.15, 0.2) is 5.13 Å². The lowest BCUT2D eigenvalue weighted by atomic mass is 10.1. The molecule has 9 heteroatoms. The van der Waals surface area contributed by atoms with Crippen molar-refractivity contribution in [2.75, 3.05) is 32.5 Å².